The molecule has 2 aromatic heterocycles. The standard InChI is InChI=1S/C32H38N4O7/c1-6-20-21-15-19(41-5)7-8-25(21)33-27-22(20)17-36-26(27)16-24-23(28(36)37)18-42-29(38)32(24,40)9-10-34-11-13-35(14-12-34)30(39)43-31(2,3)4/h7-8,15-16,40H,6,9-14,17-18H2,1-5H3/t32-/m0/s1. The summed E-state index contributed by atoms with van der Waals surface area (Å²) >= 11 is 0. The minimum absolute atomic E-state index is 0.0478. The Morgan fingerprint density at radius 2 is 1.86 bits per heavy atom. The summed E-state index contributed by atoms with van der Waals surface area (Å²) < 4.78 is 18.0. The number of cyclic esters (lactones) is 1. The average molecular weight is 591 g/mol. The normalized spacial score (nSPS) is 20.0. The van der Waals surface area contributed by atoms with Crippen LogP contribution in [0.4, 0.5) is 4.79 Å². The van der Waals surface area contributed by atoms with Crippen molar-refractivity contribution in [2.24, 2.45) is 0 Å². The van der Waals surface area contributed by atoms with E-state index in [4.69, 9.17) is 19.2 Å². The monoisotopic (exact) mass is 590 g/mol. The van der Waals surface area contributed by atoms with E-state index in [9.17, 15) is 19.5 Å². The summed E-state index contributed by atoms with van der Waals surface area (Å²) in [5.41, 5.74) is 1.85. The Morgan fingerprint density at radius 1 is 1.12 bits per heavy atom. The highest BCUT2D eigenvalue weighted by atomic mass is 16.6. The van der Waals surface area contributed by atoms with Gasteiger partial charge in [-0.25, -0.2) is 14.6 Å². The number of methoxy groups -OCH3 is 1. The smallest absolute Gasteiger partial charge is 0.410 e. The van der Waals surface area contributed by atoms with Crippen molar-refractivity contribution in [2.45, 2.75) is 64.9 Å². The van der Waals surface area contributed by atoms with Crippen molar-refractivity contribution >= 4 is 23.0 Å². The zero-order chi connectivity index (χ0) is 30.7. The van der Waals surface area contributed by atoms with Crippen LogP contribution in [0.2, 0.25) is 0 Å². The first kappa shape index (κ1) is 29.1. The van der Waals surface area contributed by atoms with Gasteiger partial charge in [-0.2, -0.15) is 0 Å². The van der Waals surface area contributed by atoms with E-state index in [0.29, 0.717) is 50.7 Å². The lowest BCUT2D eigenvalue weighted by Crippen LogP contribution is -2.52. The highest BCUT2D eigenvalue weighted by Crippen LogP contribution is 2.41. The van der Waals surface area contributed by atoms with Gasteiger partial charge in [0.1, 0.15) is 18.0 Å². The second-order valence-corrected chi connectivity index (χ2v) is 12.5. The number of hydrogen-bond donors (Lipinski definition) is 1. The second kappa shape index (κ2) is 10.6. The van der Waals surface area contributed by atoms with Gasteiger partial charge in [0.25, 0.3) is 5.56 Å². The molecule has 1 aromatic carbocycles. The number of aromatic nitrogens is 2. The number of aryl methyl sites for hydroxylation is 1. The predicted octanol–water partition coefficient (Wildman–Crippen LogP) is 3.18. The molecular weight excluding hydrogens is 552 g/mol. The van der Waals surface area contributed by atoms with E-state index in [0.717, 1.165) is 34.2 Å². The quantitative estimate of drug-likeness (QED) is 0.349. The Balaban J connectivity index is 1.29. The fourth-order valence-corrected chi connectivity index (χ4v) is 6.37. The maximum absolute atomic E-state index is 13.8. The van der Waals surface area contributed by atoms with Gasteiger partial charge in [0.2, 0.25) is 0 Å². The molecule has 1 N–H and O–H groups in total. The number of fused-ring (bicyclic) bond motifs is 5. The van der Waals surface area contributed by atoms with Gasteiger partial charge in [0, 0.05) is 55.7 Å². The number of piperazine rings is 1. The molecule has 1 fully saturated rings. The molecule has 0 unspecified atom stereocenters. The van der Waals surface area contributed by atoms with E-state index in [1.165, 1.54) is 0 Å². The predicted molar refractivity (Wildman–Crippen MR) is 159 cm³/mol. The minimum atomic E-state index is -1.98. The number of amides is 1. The molecule has 3 aliphatic heterocycles. The fraction of sp³-hybridized carbons (Fsp3) is 0.500. The minimum Gasteiger partial charge on any atom is -0.497 e. The van der Waals surface area contributed by atoms with E-state index >= 15 is 0 Å². The van der Waals surface area contributed by atoms with Crippen LogP contribution in [0.5, 0.6) is 5.75 Å². The maximum Gasteiger partial charge on any atom is 0.410 e. The molecule has 228 valence electrons. The topological polar surface area (TPSA) is 123 Å². The van der Waals surface area contributed by atoms with Crippen LogP contribution in [-0.2, 0) is 39.4 Å². The molecule has 43 heavy (non-hydrogen) atoms. The van der Waals surface area contributed by atoms with Gasteiger partial charge >= 0.3 is 12.1 Å². The van der Waals surface area contributed by atoms with Crippen LogP contribution in [0, 0.1) is 0 Å². The van der Waals surface area contributed by atoms with Gasteiger partial charge in [-0.1, -0.05) is 6.92 Å². The van der Waals surface area contributed by atoms with Crippen LogP contribution in [-0.4, -0.2) is 82.0 Å². The van der Waals surface area contributed by atoms with Crippen LogP contribution < -0.4 is 10.3 Å². The van der Waals surface area contributed by atoms with Crippen LogP contribution in [0.1, 0.15) is 56.4 Å². The molecule has 11 heteroatoms. The lowest BCUT2D eigenvalue weighted by atomic mass is 9.85. The molecule has 3 aromatic rings. The molecule has 0 radical (unpaired) electrons. The van der Waals surface area contributed by atoms with Crippen molar-refractivity contribution in [1.82, 2.24) is 19.4 Å². The van der Waals surface area contributed by atoms with Gasteiger partial charge in [-0.3, -0.25) is 9.69 Å². The van der Waals surface area contributed by atoms with E-state index in [-0.39, 0.29) is 35.8 Å². The summed E-state index contributed by atoms with van der Waals surface area (Å²) in [5.74, 6) is -0.0261. The average Bonchev–Trinajstić information content (AvgIpc) is 3.34. The summed E-state index contributed by atoms with van der Waals surface area (Å²) in [7, 11) is 1.63. The number of carbonyl (C=O) groups excluding carboxylic acids is 2. The first-order valence-electron chi connectivity index (χ1n) is 14.8. The van der Waals surface area contributed by atoms with E-state index in [2.05, 4.69) is 11.8 Å². The van der Waals surface area contributed by atoms with E-state index in [1.54, 1.807) is 22.6 Å². The highest BCUT2D eigenvalue weighted by Gasteiger charge is 2.47. The SMILES string of the molecule is CCc1c2c(nc3ccc(OC)cc13)-c1cc3c(c(=O)n1C2)COC(=O)[C@]3(O)CCN1CCN(C(=O)OC(C)(C)C)CC1. The summed E-state index contributed by atoms with van der Waals surface area (Å²) in [5, 5.41) is 12.8. The number of carbonyl (C=O) groups is 2. The third-order valence-electron chi connectivity index (χ3n) is 8.67. The van der Waals surface area contributed by atoms with Crippen LogP contribution in [0.15, 0.2) is 29.1 Å². The molecule has 0 aliphatic carbocycles. The van der Waals surface area contributed by atoms with Gasteiger partial charge in [0.15, 0.2) is 5.60 Å². The summed E-state index contributed by atoms with van der Waals surface area (Å²) in [6, 6.07) is 7.49. The lowest BCUT2D eigenvalue weighted by molar-refractivity contribution is -0.173. The Hall–Kier alpha value is -3.96. The molecule has 5 heterocycles. The fourth-order valence-electron chi connectivity index (χ4n) is 6.37. The molecule has 0 saturated carbocycles. The van der Waals surface area contributed by atoms with E-state index < -0.39 is 17.2 Å². The first-order valence-corrected chi connectivity index (χ1v) is 14.8. The molecule has 0 spiro atoms. The third kappa shape index (κ3) is 5.04. The van der Waals surface area contributed by atoms with Crippen molar-refractivity contribution in [2.75, 3.05) is 39.8 Å². The number of aliphatic hydroxyl groups is 1. The molecule has 3 aliphatic rings. The van der Waals surface area contributed by atoms with Gasteiger partial charge in [0.05, 0.1) is 36.1 Å². The van der Waals surface area contributed by atoms with Crippen molar-refractivity contribution in [3.05, 3.63) is 56.9 Å². The zero-order valence-electron chi connectivity index (χ0n) is 25.4. The third-order valence-corrected chi connectivity index (χ3v) is 8.67. The van der Waals surface area contributed by atoms with Gasteiger partial charge in [-0.15, -0.1) is 0 Å². The van der Waals surface area contributed by atoms with Crippen LogP contribution >= 0.6 is 0 Å². The molecule has 6 rings (SSSR count). The van der Waals surface area contributed by atoms with Crippen LogP contribution in [0.3, 0.4) is 0 Å². The van der Waals surface area contributed by atoms with Crippen LogP contribution in [0.25, 0.3) is 22.3 Å². The van der Waals surface area contributed by atoms with Gasteiger partial charge < -0.3 is 28.8 Å². The number of pyridine rings is 2. The van der Waals surface area contributed by atoms with Crippen molar-refractivity contribution < 1.29 is 28.9 Å². The Bertz CT molecular complexity index is 1680. The highest BCUT2D eigenvalue weighted by molar-refractivity contribution is 5.90. The number of ether oxygens (including phenoxy) is 3. The number of rotatable bonds is 5. The maximum atomic E-state index is 13.8. The molecule has 1 atom stereocenters. The summed E-state index contributed by atoms with van der Waals surface area (Å²) in [4.78, 5) is 48.1. The van der Waals surface area contributed by atoms with Crippen molar-refractivity contribution in [1.29, 1.82) is 0 Å². The number of esters is 1. The largest absolute Gasteiger partial charge is 0.497 e. The van der Waals surface area contributed by atoms with Crippen molar-refractivity contribution in [3.63, 3.8) is 0 Å². The number of hydrogen-bond acceptors (Lipinski definition) is 9. The molecular formula is C32H38N4O7. The van der Waals surface area contributed by atoms with Crippen molar-refractivity contribution in [3.8, 4) is 17.1 Å². The molecule has 1 saturated heterocycles. The number of nitrogens with zero attached hydrogens (tertiary/aromatic N) is 4. The van der Waals surface area contributed by atoms with E-state index in [1.807, 2.05) is 39.0 Å². The molecule has 0 bridgehead atoms. The second-order valence-electron chi connectivity index (χ2n) is 12.5. The Kier molecular flexibility index (Phi) is 7.21. The Labute approximate surface area is 250 Å². The summed E-state index contributed by atoms with van der Waals surface area (Å²) in [6.45, 7) is 10.2. The molecule has 11 nitrogen and oxygen atoms in total. The number of benzene rings is 1. The van der Waals surface area contributed by atoms with Gasteiger partial charge in [-0.05, 0) is 57.0 Å². The summed E-state index contributed by atoms with van der Waals surface area (Å²) in [6.07, 6.45) is 0.438. The first-order chi connectivity index (χ1) is 20.4. The molecule has 1 amide bonds. The Morgan fingerprint density at radius 3 is 2.53 bits per heavy atom. The zero-order valence-corrected chi connectivity index (χ0v) is 25.4. The lowest BCUT2D eigenvalue weighted by Gasteiger charge is -2.38.